The summed E-state index contributed by atoms with van der Waals surface area (Å²) < 4.78 is 0. The maximum atomic E-state index is 11.4. The lowest BCUT2D eigenvalue weighted by Gasteiger charge is -2.21. The quantitative estimate of drug-likeness (QED) is 0.876. The molecule has 20 heavy (non-hydrogen) atoms. The Morgan fingerprint density at radius 1 is 1.30 bits per heavy atom. The van der Waals surface area contributed by atoms with Crippen molar-refractivity contribution in [1.29, 1.82) is 0 Å². The maximum Gasteiger partial charge on any atom is 0.326 e. The van der Waals surface area contributed by atoms with E-state index in [9.17, 15) is 9.90 Å². The Bertz CT molecular complexity index is 628. The van der Waals surface area contributed by atoms with Gasteiger partial charge in [0.1, 0.15) is 11.9 Å². The van der Waals surface area contributed by atoms with Gasteiger partial charge in [-0.1, -0.05) is 32.4 Å². The van der Waals surface area contributed by atoms with Crippen LogP contribution in [0.5, 0.6) is 0 Å². The number of carboxylic acid groups (broad SMARTS) is 1. The summed E-state index contributed by atoms with van der Waals surface area (Å²) in [5, 5.41) is 12.3. The van der Waals surface area contributed by atoms with E-state index < -0.39 is 12.0 Å². The number of nitrogens with one attached hydrogen (secondary N) is 1. The fraction of sp³-hybridized carbons (Fsp3) is 0.400. The zero-order valence-corrected chi connectivity index (χ0v) is 11.9. The van der Waals surface area contributed by atoms with E-state index in [4.69, 9.17) is 0 Å². The van der Waals surface area contributed by atoms with Crippen LogP contribution in [0.2, 0.25) is 0 Å². The standard InChI is InChI=1S/C15H19N3O2/c1-4-9(2)13(15(19)20)18-14-10(3)16-11-7-5-6-8-12(11)17-14/h5-9,13H,4H2,1-3H3,(H,17,18)(H,19,20)/t9-,13-/m0/s1. The number of fused-ring (bicyclic) bond motifs is 1. The van der Waals surface area contributed by atoms with Gasteiger partial charge in [0.25, 0.3) is 0 Å². The second-order valence-corrected chi connectivity index (χ2v) is 4.99. The van der Waals surface area contributed by atoms with Crippen molar-refractivity contribution >= 4 is 22.8 Å². The van der Waals surface area contributed by atoms with Gasteiger partial charge in [0.15, 0.2) is 0 Å². The summed E-state index contributed by atoms with van der Waals surface area (Å²) in [5.74, 6) is -0.315. The van der Waals surface area contributed by atoms with Crippen molar-refractivity contribution in [2.45, 2.75) is 33.2 Å². The number of benzene rings is 1. The molecule has 0 radical (unpaired) electrons. The van der Waals surface area contributed by atoms with Crippen LogP contribution < -0.4 is 5.32 Å². The summed E-state index contributed by atoms with van der Waals surface area (Å²) in [6.07, 6.45) is 0.782. The normalized spacial score (nSPS) is 13.9. The van der Waals surface area contributed by atoms with Crippen LogP contribution in [0.25, 0.3) is 11.0 Å². The Hall–Kier alpha value is -2.17. The molecule has 2 atom stereocenters. The van der Waals surface area contributed by atoms with Crippen molar-refractivity contribution in [3.63, 3.8) is 0 Å². The Kier molecular flexibility index (Phi) is 4.17. The molecule has 0 aliphatic carbocycles. The van der Waals surface area contributed by atoms with Gasteiger partial charge >= 0.3 is 5.97 Å². The van der Waals surface area contributed by atoms with Crippen molar-refractivity contribution in [3.05, 3.63) is 30.0 Å². The SMILES string of the molecule is CC[C@H](C)[C@H](Nc1nc2ccccc2nc1C)C(=O)O. The topological polar surface area (TPSA) is 75.1 Å². The largest absolute Gasteiger partial charge is 0.480 e. The predicted octanol–water partition coefficient (Wildman–Crippen LogP) is 2.85. The third-order valence-electron chi connectivity index (χ3n) is 3.52. The number of nitrogens with zero attached hydrogens (tertiary/aromatic N) is 2. The molecule has 5 heteroatoms. The fourth-order valence-corrected chi connectivity index (χ4v) is 2.06. The van der Waals surface area contributed by atoms with Crippen LogP contribution in [0.15, 0.2) is 24.3 Å². The van der Waals surface area contributed by atoms with Crippen molar-refractivity contribution < 1.29 is 9.90 Å². The van der Waals surface area contributed by atoms with Crippen molar-refractivity contribution in [2.24, 2.45) is 5.92 Å². The van der Waals surface area contributed by atoms with E-state index in [1.807, 2.05) is 45.0 Å². The molecule has 2 N–H and O–H groups in total. The number of hydrogen-bond donors (Lipinski definition) is 2. The molecule has 0 unspecified atom stereocenters. The molecule has 5 nitrogen and oxygen atoms in total. The van der Waals surface area contributed by atoms with E-state index in [1.165, 1.54) is 0 Å². The maximum absolute atomic E-state index is 11.4. The van der Waals surface area contributed by atoms with Crippen LogP contribution in [0.1, 0.15) is 26.0 Å². The van der Waals surface area contributed by atoms with E-state index in [2.05, 4.69) is 15.3 Å². The van der Waals surface area contributed by atoms with Gasteiger partial charge < -0.3 is 10.4 Å². The minimum Gasteiger partial charge on any atom is -0.480 e. The number of para-hydroxylation sites is 2. The van der Waals surface area contributed by atoms with Crippen LogP contribution in [0, 0.1) is 12.8 Å². The molecule has 0 aliphatic heterocycles. The molecule has 1 aromatic heterocycles. The molecule has 1 heterocycles. The summed E-state index contributed by atoms with van der Waals surface area (Å²) in [6.45, 7) is 5.72. The molecule has 0 saturated carbocycles. The Balaban J connectivity index is 2.36. The van der Waals surface area contributed by atoms with Crippen molar-refractivity contribution in [3.8, 4) is 0 Å². The van der Waals surface area contributed by atoms with Gasteiger partial charge in [-0.25, -0.2) is 14.8 Å². The molecule has 0 aliphatic rings. The lowest BCUT2D eigenvalue weighted by Crippen LogP contribution is -2.36. The van der Waals surface area contributed by atoms with E-state index in [0.29, 0.717) is 11.5 Å². The van der Waals surface area contributed by atoms with E-state index in [-0.39, 0.29) is 5.92 Å². The van der Waals surface area contributed by atoms with Crippen molar-refractivity contribution in [2.75, 3.05) is 5.32 Å². The molecule has 0 amide bonds. The first-order chi connectivity index (χ1) is 9.52. The highest BCUT2D eigenvalue weighted by atomic mass is 16.4. The van der Waals surface area contributed by atoms with Gasteiger partial charge in [-0.3, -0.25) is 0 Å². The van der Waals surface area contributed by atoms with Gasteiger partial charge in [0.2, 0.25) is 0 Å². The van der Waals surface area contributed by atoms with Crippen molar-refractivity contribution in [1.82, 2.24) is 9.97 Å². The molecule has 0 spiro atoms. The number of aromatic nitrogens is 2. The number of anilines is 1. The first kappa shape index (κ1) is 14.2. The van der Waals surface area contributed by atoms with Crippen LogP contribution in [0.3, 0.4) is 0 Å². The highest BCUT2D eigenvalue weighted by molar-refractivity contribution is 5.80. The molecule has 0 saturated heterocycles. The number of hydrogen-bond acceptors (Lipinski definition) is 4. The van der Waals surface area contributed by atoms with E-state index in [1.54, 1.807) is 0 Å². The van der Waals surface area contributed by atoms with Crippen LogP contribution in [-0.4, -0.2) is 27.1 Å². The average Bonchev–Trinajstić information content (AvgIpc) is 2.43. The number of carboxylic acids is 1. The Labute approximate surface area is 118 Å². The van der Waals surface area contributed by atoms with Crippen LogP contribution in [0.4, 0.5) is 5.82 Å². The third kappa shape index (κ3) is 2.87. The molecule has 106 valence electrons. The molecule has 1 aromatic carbocycles. The minimum atomic E-state index is -0.867. The summed E-state index contributed by atoms with van der Waals surface area (Å²) in [5.41, 5.74) is 2.28. The molecule has 0 fully saturated rings. The zero-order valence-electron chi connectivity index (χ0n) is 11.9. The number of aliphatic carboxylic acids is 1. The van der Waals surface area contributed by atoms with Gasteiger partial charge in [0.05, 0.1) is 16.7 Å². The lowest BCUT2D eigenvalue weighted by molar-refractivity contribution is -0.139. The monoisotopic (exact) mass is 273 g/mol. The van der Waals surface area contributed by atoms with Gasteiger partial charge in [0, 0.05) is 0 Å². The first-order valence-corrected chi connectivity index (χ1v) is 6.75. The summed E-state index contributed by atoms with van der Waals surface area (Å²) in [6, 6.07) is 6.89. The van der Waals surface area contributed by atoms with Crippen LogP contribution in [-0.2, 0) is 4.79 Å². The third-order valence-corrected chi connectivity index (χ3v) is 3.52. The van der Waals surface area contributed by atoms with E-state index >= 15 is 0 Å². The lowest BCUT2D eigenvalue weighted by atomic mass is 9.99. The Morgan fingerprint density at radius 3 is 2.45 bits per heavy atom. The molecular formula is C15H19N3O2. The van der Waals surface area contributed by atoms with Gasteiger partial charge in [-0.05, 0) is 25.0 Å². The minimum absolute atomic E-state index is 0.0140. The second kappa shape index (κ2) is 5.86. The molecular weight excluding hydrogens is 254 g/mol. The second-order valence-electron chi connectivity index (χ2n) is 4.99. The highest BCUT2D eigenvalue weighted by Crippen LogP contribution is 2.19. The highest BCUT2D eigenvalue weighted by Gasteiger charge is 2.24. The molecule has 2 rings (SSSR count). The number of carbonyl (C=O) groups is 1. The predicted molar refractivity (Wildman–Crippen MR) is 78.8 cm³/mol. The first-order valence-electron chi connectivity index (χ1n) is 6.75. The van der Waals surface area contributed by atoms with Gasteiger partial charge in [-0.2, -0.15) is 0 Å². The number of rotatable bonds is 5. The smallest absolute Gasteiger partial charge is 0.326 e. The zero-order chi connectivity index (χ0) is 14.7. The molecule has 0 bridgehead atoms. The fourth-order valence-electron chi connectivity index (χ4n) is 2.06. The Morgan fingerprint density at radius 2 is 1.90 bits per heavy atom. The van der Waals surface area contributed by atoms with Gasteiger partial charge in [-0.15, -0.1) is 0 Å². The molecule has 2 aromatic rings. The van der Waals surface area contributed by atoms with Crippen LogP contribution >= 0.6 is 0 Å². The summed E-state index contributed by atoms with van der Waals surface area (Å²) in [4.78, 5) is 20.3. The van der Waals surface area contributed by atoms with E-state index in [0.717, 1.165) is 17.5 Å². The summed E-state index contributed by atoms with van der Waals surface area (Å²) >= 11 is 0. The summed E-state index contributed by atoms with van der Waals surface area (Å²) in [7, 11) is 0. The number of aryl methyl sites for hydroxylation is 1. The average molecular weight is 273 g/mol.